The van der Waals surface area contributed by atoms with Crippen molar-refractivity contribution in [3.63, 3.8) is 0 Å². The van der Waals surface area contributed by atoms with Gasteiger partial charge in [0.05, 0.1) is 7.11 Å². The van der Waals surface area contributed by atoms with Gasteiger partial charge in [-0.2, -0.15) is 0 Å². The van der Waals surface area contributed by atoms with Gasteiger partial charge in [-0.05, 0) is 42.0 Å². The molecule has 0 aliphatic heterocycles. The van der Waals surface area contributed by atoms with Gasteiger partial charge in [0.25, 0.3) is 0 Å². The zero-order chi connectivity index (χ0) is 10.1. The number of hydrogen-bond acceptors (Lipinski definition) is 1. The molecule has 14 heavy (non-hydrogen) atoms. The molecule has 0 N–H and O–H groups in total. The lowest BCUT2D eigenvalue weighted by Crippen LogP contribution is -2.08. The Bertz CT molecular complexity index is 335. The summed E-state index contributed by atoms with van der Waals surface area (Å²) in [5.74, 6) is 1.65. The lowest BCUT2D eigenvalue weighted by Gasteiger charge is -2.26. The number of ether oxygens (including phenoxy) is 1. The van der Waals surface area contributed by atoms with Crippen molar-refractivity contribution < 1.29 is 4.74 Å². The summed E-state index contributed by atoms with van der Waals surface area (Å²) >= 11 is 3.72. The van der Waals surface area contributed by atoms with Crippen LogP contribution in [0.15, 0.2) is 18.2 Å². The van der Waals surface area contributed by atoms with Gasteiger partial charge < -0.3 is 4.74 Å². The Kier molecular flexibility index (Phi) is 2.82. The lowest BCUT2D eigenvalue weighted by atomic mass is 9.84. The van der Waals surface area contributed by atoms with Gasteiger partial charge in [-0.3, -0.25) is 0 Å². The standard InChI is InChI=1S/C12H15BrO/c1-8-3-6-12(13)11-7-9(14-2)4-5-10(8)11/h4-5,7-8,12H,3,6H2,1-2H3. The van der Waals surface area contributed by atoms with E-state index < -0.39 is 0 Å². The molecule has 2 atom stereocenters. The van der Waals surface area contributed by atoms with Crippen molar-refractivity contribution in [1.82, 2.24) is 0 Å². The van der Waals surface area contributed by atoms with Crippen LogP contribution >= 0.6 is 15.9 Å². The Labute approximate surface area is 93.6 Å². The van der Waals surface area contributed by atoms with Gasteiger partial charge in [-0.15, -0.1) is 0 Å². The number of methoxy groups -OCH3 is 1. The Morgan fingerprint density at radius 2 is 2.07 bits per heavy atom. The monoisotopic (exact) mass is 254 g/mol. The first-order chi connectivity index (χ1) is 6.72. The molecule has 1 aromatic carbocycles. The van der Waals surface area contributed by atoms with Crippen LogP contribution in [0.2, 0.25) is 0 Å². The predicted molar refractivity (Wildman–Crippen MR) is 62.3 cm³/mol. The first-order valence-corrected chi connectivity index (χ1v) is 5.96. The van der Waals surface area contributed by atoms with E-state index in [0.29, 0.717) is 10.7 Å². The van der Waals surface area contributed by atoms with Gasteiger partial charge in [-0.1, -0.05) is 28.9 Å². The average molecular weight is 255 g/mol. The summed E-state index contributed by atoms with van der Waals surface area (Å²) in [6.45, 7) is 2.30. The van der Waals surface area contributed by atoms with Crippen LogP contribution in [0.4, 0.5) is 0 Å². The van der Waals surface area contributed by atoms with E-state index in [1.807, 2.05) is 0 Å². The molecule has 0 heterocycles. The normalized spacial score (nSPS) is 25.6. The van der Waals surface area contributed by atoms with E-state index in [0.717, 1.165) is 5.75 Å². The minimum atomic E-state index is 0.504. The Morgan fingerprint density at radius 3 is 2.79 bits per heavy atom. The summed E-state index contributed by atoms with van der Waals surface area (Å²) in [4.78, 5) is 0.504. The molecule has 2 heteroatoms. The largest absolute Gasteiger partial charge is 0.497 e. The van der Waals surface area contributed by atoms with Crippen molar-refractivity contribution in [2.45, 2.75) is 30.5 Å². The van der Waals surface area contributed by atoms with Crippen molar-refractivity contribution in [1.29, 1.82) is 0 Å². The zero-order valence-corrected chi connectivity index (χ0v) is 10.2. The Hall–Kier alpha value is -0.500. The quantitative estimate of drug-likeness (QED) is 0.688. The fraction of sp³-hybridized carbons (Fsp3) is 0.500. The highest BCUT2D eigenvalue weighted by Gasteiger charge is 2.22. The molecular formula is C12H15BrO. The number of rotatable bonds is 1. The molecule has 0 aromatic heterocycles. The van der Waals surface area contributed by atoms with E-state index >= 15 is 0 Å². The van der Waals surface area contributed by atoms with Crippen LogP contribution in [-0.4, -0.2) is 7.11 Å². The van der Waals surface area contributed by atoms with E-state index in [1.165, 1.54) is 24.0 Å². The maximum atomic E-state index is 5.24. The molecule has 2 rings (SSSR count). The summed E-state index contributed by atoms with van der Waals surface area (Å²) in [5, 5.41) is 0. The third-order valence-corrected chi connectivity index (χ3v) is 3.97. The number of alkyl halides is 1. The number of halogens is 1. The molecule has 0 spiro atoms. The highest BCUT2D eigenvalue weighted by atomic mass is 79.9. The van der Waals surface area contributed by atoms with Gasteiger partial charge >= 0.3 is 0 Å². The van der Waals surface area contributed by atoms with Crippen LogP contribution in [-0.2, 0) is 0 Å². The second-order valence-electron chi connectivity index (χ2n) is 3.94. The number of hydrogen-bond donors (Lipinski definition) is 0. The van der Waals surface area contributed by atoms with Crippen molar-refractivity contribution in [2.75, 3.05) is 7.11 Å². The van der Waals surface area contributed by atoms with E-state index in [1.54, 1.807) is 7.11 Å². The first kappa shape index (κ1) is 10.0. The van der Waals surface area contributed by atoms with E-state index in [9.17, 15) is 0 Å². The highest BCUT2D eigenvalue weighted by Crippen LogP contribution is 2.42. The van der Waals surface area contributed by atoms with E-state index in [4.69, 9.17) is 4.74 Å². The summed E-state index contributed by atoms with van der Waals surface area (Å²) in [6.07, 6.45) is 2.50. The number of fused-ring (bicyclic) bond motifs is 1. The van der Waals surface area contributed by atoms with Crippen LogP contribution in [0.25, 0.3) is 0 Å². The van der Waals surface area contributed by atoms with Gasteiger partial charge in [0, 0.05) is 4.83 Å². The molecule has 0 radical (unpaired) electrons. The molecule has 1 aliphatic carbocycles. The van der Waals surface area contributed by atoms with Crippen molar-refractivity contribution in [2.24, 2.45) is 0 Å². The number of benzene rings is 1. The van der Waals surface area contributed by atoms with E-state index in [2.05, 4.69) is 41.1 Å². The summed E-state index contributed by atoms with van der Waals surface area (Å²) in [5.41, 5.74) is 2.88. The minimum absolute atomic E-state index is 0.504. The zero-order valence-electron chi connectivity index (χ0n) is 8.59. The van der Waals surface area contributed by atoms with Crippen LogP contribution in [0.1, 0.15) is 41.6 Å². The van der Waals surface area contributed by atoms with Crippen molar-refractivity contribution in [3.8, 4) is 5.75 Å². The smallest absolute Gasteiger partial charge is 0.119 e. The van der Waals surface area contributed by atoms with E-state index in [-0.39, 0.29) is 0 Å². The fourth-order valence-corrected chi connectivity index (χ4v) is 2.77. The third-order valence-electron chi connectivity index (χ3n) is 3.02. The molecule has 76 valence electrons. The summed E-state index contributed by atoms with van der Waals surface area (Å²) in [6, 6.07) is 6.41. The van der Waals surface area contributed by atoms with Gasteiger partial charge in [0.15, 0.2) is 0 Å². The lowest BCUT2D eigenvalue weighted by molar-refractivity contribution is 0.413. The molecule has 2 unspecified atom stereocenters. The SMILES string of the molecule is COc1ccc2c(c1)C(Br)CCC2C. The second kappa shape index (κ2) is 3.93. The molecule has 0 amide bonds. The molecule has 0 bridgehead atoms. The maximum absolute atomic E-state index is 5.24. The van der Waals surface area contributed by atoms with Crippen LogP contribution in [0.3, 0.4) is 0 Å². The van der Waals surface area contributed by atoms with Crippen LogP contribution < -0.4 is 4.74 Å². The minimum Gasteiger partial charge on any atom is -0.497 e. The van der Waals surface area contributed by atoms with Gasteiger partial charge in [0.2, 0.25) is 0 Å². The average Bonchev–Trinajstić information content (AvgIpc) is 2.23. The van der Waals surface area contributed by atoms with Gasteiger partial charge in [0.1, 0.15) is 5.75 Å². The molecule has 1 aliphatic rings. The molecule has 1 aromatic rings. The summed E-state index contributed by atoms with van der Waals surface area (Å²) in [7, 11) is 1.72. The van der Waals surface area contributed by atoms with Crippen molar-refractivity contribution >= 4 is 15.9 Å². The second-order valence-corrected chi connectivity index (χ2v) is 5.05. The van der Waals surface area contributed by atoms with Gasteiger partial charge in [-0.25, -0.2) is 0 Å². The molecule has 0 fully saturated rings. The molecule has 0 saturated carbocycles. The molecular weight excluding hydrogens is 240 g/mol. The van der Waals surface area contributed by atoms with Crippen LogP contribution in [0.5, 0.6) is 5.75 Å². The summed E-state index contributed by atoms with van der Waals surface area (Å²) < 4.78 is 5.24. The maximum Gasteiger partial charge on any atom is 0.119 e. The predicted octanol–water partition coefficient (Wildman–Crippen LogP) is 4.03. The third kappa shape index (κ3) is 1.68. The Balaban J connectivity index is 2.45. The molecule has 1 nitrogen and oxygen atoms in total. The topological polar surface area (TPSA) is 9.23 Å². The Morgan fingerprint density at radius 1 is 1.29 bits per heavy atom. The highest BCUT2D eigenvalue weighted by molar-refractivity contribution is 9.09. The van der Waals surface area contributed by atoms with Crippen molar-refractivity contribution in [3.05, 3.63) is 29.3 Å². The van der Waals surface area contributed by atoms with Crippen LogP contribution in [0, 0.1) is 0 Å². The molecule has 0 saturated heterocycles. The fourth-order valence-electron chi connectivity index (χ4n) is 2.11. The first-order valence-electron chi connectivity index (χ1n) is 5.04.